The summed E-state index contributed by atoms with van der Waals surface area (Å²) in [7, 11) is 6.87. The average Bonchev–Trinajstić information content (AvgIpc) is 3.65. The SMILES string of the molecule is CC[C@H]1OC(=O)[C@H](C)C(O[C@H]2C[C@@](C)(OC)[C@@H](O)[C@H](C)O2)[C@@H](C)[C@@H](O[C@@H]2O[C@H](C)C[C@H](N(C)C)[C@H]2O)[C@@](C)(OC)C[C@@H](C)C(=O)[C@]2(C)CN[C@H]3C(=O)O[C@@]1(C)[C@H]32. The number of nitrogens with one attached hydrogen (secondary N) is 1. The molecular weight excluding hydrogens is 728 g/mol. The molecule has 3 N–H and O–H groups in total. The van der Waals surface area contributed by atoms with Crippen molar-refractivity contribution in [3.8, 4) is 0 Å². The molecule has 0 amide bonds. The van der Waals surface area contributed by atoms with Crippen molar-refractivity contribution in [2.24, 2.45) is 29.1 Å². The highest BCUT2D eigenvalue weighted by molar-refractivity contribution is 5.91. The normalized spacial score (nSPS) is 50.7. The van der Waals surface area contributed by atoms with Crippen LogP contribution >= 0.6 is 0 Å². The van der Waals surface area contributed by atoms with Crippen molar-refractivity contribution >= 4 is 17.7 Å². The minimum atomic E-state index is -1.31. The summed E-state index contributed by atoms with van der Waals surface area (Å²) in [6.07, 6.45) is -6.52. The van der Waals surface area contributed by atoms with Crippen LogP contribution in [-0.2, 0) is 52.3 Å². The van der Waals surface area contributed by atoms with Gasteiger partial charge in [-0.3, -0.25) is 14.4 Å². The van der Waals surface area contributed by atoms with Crippen LogP contribution in [0.2, 0.25) is 0 Å². The molecule has 0 radical (unpaired) electrons. The van der Waals surface area contributed by atoms with Gasteiger partial charge in [0.15, 0.2) is 18.2 Å². The summed E-state index contributed by atoms with van der Waals surface area (Å²) in [6.45, 7) is 18.5. The molecule has 0 aliphatic carbocycles. The van der Waals surface area contributed by atoms with Gasteiger partial charge in [0.1, 0.15) is 30.1 Å². The number of methoxy groups -OCH3 is 2. The number of aliphatic hydroxyl groups is 2. The largest absolute Gasteiger partial charge is 0.458 e. The van der Waals surface area contributed by atoms with E-state index in [1.165, 1.54) is 7.11 Å². The van der Waals surface area contributed by atoms with Gasteiger partial charge in [-0.25, -0.2) is 0 Å². The monoisotopic (exact) mass is 798 g/mol. The number of aliphatic hydroxyl groups excluding tert-OH is 2. The van der Waals surface area contributed by atoms with Crippen molar-refractivity contribution < 1.29 is 62.5 Å². The lowest BCUT2D eigenvalue weighted by molar-refractivity contribution is -0.319. The summed E-state index contributed by atoms with van der Waals surface area (Å²) in [5, 5.41) is 26.0. The highest BCUT2D eigenvalue weighted by Gasteiger charge is 2.69. The predicted octanol–water partition coefficient (Wildman–Crippen LogP) is 2.60. The van der Waals surface area contributed by atoms with Gasteiger partial charge in [-0.05, 0) is 74.9 Å². The van der Waals surface area contributed by atoms with Crippen LogP contribution < -0.4 is 5.32 Å². The summed E-state index contributed by atoms with van der Waals surface area (Å²) in [5.41, 5.74) is -4.62. The third-order valence-electron chi connectivity index (χ3n) is 14.2. The minimum Gasteiger partial charge on any atom is -0.458 e. The lowest BCUT2D eigenvalue weighted by Gasteiger charge is -2.50. The van der Waals surface area contributed by atoms with E-state index in [9.17, 15) is 24.6 Å². The molecule has 19 atom stereocenters. The second-order valence-corrected chi connectivity index (χ2v) is 18.5. The van der Waals surface area contributed by atoms with Crippen LogP contribution in [-0.4, -0.2) is 152 Å². The summed E-state index contributed by atoms with van der Waals surface area (Å²) in [5.74, 6) is -4.07. The highest BCUT2D eigenvalue weighted by atomic mass is 16.7. The van der Waals surface area contributed by atoms with Crippen LogP contribution in [0.5, 0.6) is 0 Å². The number of ketones is 1. The van der Waals surface area contributed by atoms with Crippen molar-refractivity contribution in [2.45, 2.75) is 179 Å². The lowest BCUT2D eigenvalue weighted by Crippen LogP contribution is -2.61. The van der Waals surface area contributed by atoms with E-state index < -0.39 is 113 Å². The summed E-state index contributed by atoms with van der Waals surface area (Å²) < 4.78 is 51.0. The van der Waals surface area contributed by atoms with E-state index in [1.54, 1.807) is 34.8 Å². The fraction of sp³-hybridized carbons (Fsp3) is 0.927. The van der Waals surface area contributed by atoms with Crippen LogP contribution in [0.15, 0.2) is 0 Å². The molecule has 5 aliphatic heterocycles. The van der Waals surface area contributed by atoms with Crippen LogP contribution in [0.4, 0.5) is 0 Å². The topological polar surface area (TPSA) is 181 Å². The first-order valence-corrected chi connectivity index (χ1v) is 20.5. The zero-order chi connectivity index (χ0) is 41.9. The molecule has 1 unspecified atom stereocenters. The van der Waals surface area contributed by atoms with Gasteiger partial charge in [0.2, 0.25) is 0 Å². The summed E-state index contributed by atoms with van der Waals surface area (Å²) in [6, 6.07) is -1.03. The molecule has 0 aromatic heterocycles. The van der Waals surface area contributed by atoms with E-state index in [0.717, 1.165) is 0 Å². The number of rotatable bonds is 8. The van der Waals surface area contributed by atoms with E-state index in [1.807, 2.05) is 60.5 Å². The molecule has 322 valence electrons. The number of esters is 2. The maximum absolute atomic E-state index is 14.9. The Hall–Kier alpha value is -1.79. The molecule has 15 heteroatoms. The molecule has 5 fully saturated rings. The maximum Gasteiger partial charge on any atom is 0.324 e. The fourth-order valence-electron chi connectivity index (χ4n) is 10.8. The molecule has 5 saturated heterocycles. The third-order valence-corrected chi connectivity index (χ3v) is 14.2. The third kappa shape index (κ3) is 7.95. The second kappa shape index (κ2) is 16.7. The van der Waals surface area contributed by atoms with E-state index in [-0.39, 0.29) is 37.3 Å². The predicted molar refractivity (Wildman–Crippen MR) is 203 cm³/mol. The van der Waals surface area contributed by atoms with Gasteiger partial charge in [0.25, 0.3) is 0 Å². The van der Waals surface area contributed by atoms with Crippen molar-refractivity contribution in [2.75, 3.05) is 34.9 Å². The van der Waals surface area contributed by atoms with Gasteiger partial charge in [0, 0.05) is 56.4 Å². The van der Waals surface area contributed by atoms with Crippen molar-refractivity contribution in [1.82, 2.24) is 10.2 Å². The maximum atomic E-state index is 14.9. The van der Waals surface area contributed by atoms with E-state index >= 15 is 0 Å². The summed E-state index contributed by atoms with van der Waals surface area (Å²) in [4.78, 5) is 44.9. The number of hydrogen-bond acceptors (Lipinski definition) is 15. The first kappa shape index (κ1) is 45.3. The van der Waals surface area contributed by atoms with Gasteiger partial charge in [-0.1, -0.05) is 27.7 Å². The molecule has 0 spiro atoms. The Morgan fingerprint density at radius 2 is 1.54 bits per heavy atom. The second-order valence-electron chi connectivity index (χ2n) is 18.5. The van der Waals surface area contributed by atoms with Crippen LogP contribution in [0, 0.1) is 29.1 Å². The van der Waals surface area contributed by atoms with Gasteiger partial charge in [-0.2, -0.15) is 0 Å². The average molecular weight is 799 g/mol. The number of Topliss-reactive ketones (excluding diaryl/α,β-unsaturated/α-hetero) is 1. The number of carbonyl (C=O) groups is 3. The number of carbonyl (C=O) groups excluding carboxylic acids is 3. The van der Waals surface area contributed by atoms with Crippen molar-refractivity contribution in [3.05, 3.63) is 0 Å². The molecule has 15 nitrogen and oxygen atoms in total. The zero-order valence-electron chi connectivity index (χ0n) is 36.0. The Kier molecular flexibility index (Phi) is 13.5. The number of hydrogen-bond donors (Lipinski definition) is 3. The van der Waals surface area contributed by atoms with E-state index in [2.05, 4.69) is 5.32 Å². The van der Waals surface area contributed by atoms with Crippen LogP contribution in [0.1, 0.15) is 94.9 Å². The Labute approximate surface area is 333 Å². The van der Waals surface area contributed by atoms with Gasteiger partial charge >= 0.3 is 11.9 Å². The number of nitrogens with zero attached hydrogens (tertiary/aromatic N) is 1. The quantitative estimate of drug-likeness (QED) is 0.305. The minimum absolute atomic E-state index is 0.0895. The fourth-order valence-corrected chi connectivity index (χ4v) is 10.8. The first-order chi connectivity index (χ1) is 26.0. The van der Waals surface area contributed by atoms with Crippen molar-refractivity contribution in [3.63, 3.8) is 0 Å². The van der Waals surface area contributed by atoms with Crippen LogP contribution in [0.3, 0.4) is 0 Å². The van der Waals surface area contributed by atoms with Crippen molar-refractivity contribution in [1.29, 1.82) is 0 Å². The summed E-state index contributed by atoms with van der Waals surface area (Å²) >= 11 is 0. The first-order valence-electron chi connectivity index (χ1n) is 20.5. The number of cyclic esters (lactones) is 1. The number of likely N-dealkylation sites (N-methyl/N-ethyl adjacent to an activating group) is 1. The Morgan fingerprint density at radius 1 is 0.893 bits per heavy atom. The van der Waals surface area contributed by atoms with Crippen LogP contribution in [0.25, 0.3) is 0 Å². The zero-order valence-corrected chi connectivity index (χ0v) is 36.0. The van der Waals surface area contributed by atoms with Gasteiger partial charge in [-0.15, -0.1) is 0 Å². The Balaban J connectivity index is 1.65. The molecule has 56 heavy (non-hydrogen) atoms. The number of ether oxygens (including phenoxy) is 8. The molecule has 0 saturated carbocycles. The Morgan fingerprint density at radius 3 is 2.12 bits per heavy atom. The van der Waals surface area contributed by atoms with E-state index in [4.69, 9.17) is 37.9 Å². The molecule has 5 heterocycles. The molecule has 0 bridgehead atoms. The smallest absolute Gasteiger partial charge is 0.324 e. The lowest BCUT2D eigenvalue weighted by atomic mass is 9.62. The molecular formula is C41H70N2O13. The molecule has 0 aromatic rings. The molecule has 5 aliphatic rings. The standard InChI is InChI=1S/C41H70N2O13/c1-15-26-41(10)31-28(36(48)56-41)42-19-38(31,7)32(45)20(2)17-40(9,50-14)34(55-37-29(44)25(43(11)12)16-21(3)51-37)22(4)30(23(5)35(47)53-26)54-27-18-39(8,49-13)33(46)24(6)52-27/h20-31,33-34,37,42,44,46H,15-19H2,1-14H3/t20-,21-,22-,23-,24+,25+,26-,27+,28-,29-,30?,31-,33+,34-,37+,38-,39-,40+,41-/m1/s1. The van der Waals surface area contributed by atoms with Gasteiger partial charge < -0.3 is 58.3 Å². The Bertz CT molecular complexity index is 1440. The highest BCUT2D eigenvalue weighted by Crippen LogP contribution is 2.53. The molecule has 5 rings (SSSR count). The van der Waals surface area contributed by atoms with E-state index in [0.29, 0.717) is 12.8 Å². The molecule has 0 aromatic carbocycles. The van der Waals surface area contributed by atoms with Gasteiger partial charge in [0.05, 0.1) is 41.5 Å².